The third-order valence-corrected chi connectivity index (χ3v) is 7.41. The zero-order chi connectivity index (χ0) is 19.8. The van der Waals surface area contributed by atoms with E-state index in [1.54, 1.807) is 7.11 Å². The molecule has 5 nitrogen and oxygen atoms in total. The highest BCUT2D eigenvalue weighted by atomic mass is 32.1. The van der Waals surface area contributed by atoms with Crippen molar-refractivity contribution in [1.29, 1.82) is 0 Å². The van der Waals surface area contributed by atoms with Gasteiger partial charge in [-0.15, -0.1) is 11.3 Å². The Bertz CT molecular complexity index is 1030. The van der Waals surface area contributed by atoms with Crippen LogP contribution in [0, 0.1) is 0 Å². The summed E-state index contributed by atoms with van der Waals surface area (Å²) in [7, 11) is 1.67. The van der Waals surface area contributed by atoms with E-state index in [0.29, 0.717) is 6.04 Å². The number of ether oxygens (including phenoxy) is 1. The number of hydrogen-bond acceptors (Lipinski definition) is 5. The number of methoxy groups -OCH3 is 1. The van der Waals surface area contributed by atoms with Crippen LogP contribution in [0.3, 0.4) is 0 Å². The molecule has 0 atom stereocenters. The number of thiophene rings is 1. The number of rotatable bonds is 3. The minimum Gasteiger partial charge on any atom is -0.497 e. The lowest BCUT2D eigenvalue weighted by Crippen LogP contribution is -2.48. The number of carbonyl (C=O) groups is 1. The second kappa shape index (κ2) is 7.92. The van der Waals surface area contributed by atoms with Crippen LogP contribution in [-0.2, 0) is 0 Å². The van der Waals surface area contributed by atoms with Crippen molar-refractivity contribution in [3.05, 3.63) is 35.2 Å². The summed E-state index contributed by atoms with van der Waals surface area (Å²) in [6.07, 6.45) is 6.22. The van der Waals surface area contributed by atoms with Crippen molar-refractivity contribution in [1.82, 2.24) is 14.8 Å². The average Bonchev–Trinajstić information content (AvgIpc) is 3.20. The van der Waals surface area contributed by atoms with Gasteiger partial charge in [0.05, 0.1) is 17.5 Å². The summed E-state index contributed by atoms with van der Waals surface area (Å²) >= 11 is 1.51. The molecule has 4 heterocycles. The maximum Gasteiger partial charge on any atom is 0.264 e. The molecule has 29 heavy (non-hydrogen) atoms. The van der Waals surface area contributed by atoms with E-state index < -0.39 is 0 Å². The number of amides is 1. The van der Waals surface area contributed by atoms with E-state index in [1.807, 2.05) is 29.2 Å². The second-order valence-electron chi connectivity index (χ2n) is 8.17. The summed E-state index contributed by atoms with van der Waals surface area (Å²) in [4.78, 5) is 24.3. The SMILES string of the molecule is COc1ccc2nc3sc(C(=O)N4CCC(N5CCCCC5)CC4)cc3cc2c1. The Morgan fingerprint density at radius 1 is 1.03 bits per heavy atom. The van der Waals surface area contributed by atoms with Gasteiger partial charge < -0.3 is 14.5 Å². The fourth-order valence-electron chi connectivity index (χ4n) is 4.72. The molecule has 6 heteroatoms. The van der Waals surface area contributed by atoms with Gasteiger partial charge in [0, 0.05) is 29.9 Å². The van der Waals surface area contributed by atoms with Crippen LogP contribution in [-0.4, -0.2) is 60.0 Å². The van der Waals surface area contributed by atoms with E-state index in [-0.39, 0.29) is 5.91 Å². The molecule has 2 aliphatic rings. The number of aromatic nitrogens is 1. The summed E-state index contributed by atoms with van der Waals surface area (Å²) in [6.45, 7) is 4.19. The lowest BCUT2D eigenvalue weighted by atomic mass is 10.00. The molecule has 0 spiro atoms. The van der Waals surface area contributed by atoms with Gasteiger partial charge in [0.1, 0.15) is 10.6 Å². The Morgan fingerprint density at radius 3 is 2.59 bits per heavy atom. The molecule has 3 aromatic rings. The lowest BCUT2D eigenvalue weighted by Gasteiger charge is -2.40. The summed E-state index contributed by atoms with van der Waals surface area (Å²) < 4.78 is 5.32. The van der Waals surface area contributed by atoms with Crippen molar-refractivity contribution in [2.24, 2.45) is 0 Å². The number of piperidine rings is 2. The number of hydrogen-bond donors (Lipinski definition) is 0. The van der Waals surface area contributed by atoms with Crippen molar-refractivity contribution < 1.29 is 9.53 Å². The number of likely N-dealkylation sites (tertiary alicyclic amines) is 2. The summed E-state index contributed by atoms with van der Waals surface area (Å²) in [5.41, 5.74) is 0.932. The van der Waals surface area contributed by atoms with Crippen LogP contribution >= 0.6 is 11.3 Å². The van der Waals surface area contributed by atoms with Gasteiger partial charge in [-0.05, 0) is 69.1 Å². The minimum atomic E-state index is 0.159. The first-order valence-corrected chi connectivity index (χ1v) is 11.4. The minimum absolute atomic E-state index is 0.159. The molecule has 1 aromatic carbocycles. The molecule has 152 valence electrons. The number of carbonyl (C=O) groups excluding carboxylic acids is 1. The maximum absolute atomic E-state index is 13.1. The van der Waals surface area contributed by atoms with Crippen LogP contribution in [0.5, 0.6) is 5.75 Å². The molecule has 5 rings (SSSR count). The molecule has 0 N–H and O–H groups in total. The standard InChI is InChI=1S/C23H27N3O2S/c1-28-19-5-6-20-16(14-19)13-17-15-21(29-22(17)24-20)23(27)26-11-7-18(8-12-26)25-9-3-2-4-10-25/h5-6,13-15,18H,2-4,7-12H2,1H3. The Kier molecular flexibility index (Phi) is 5.14. The zero-order valence-corrected chi connectivity index (χ0v) is 17.7. The van der Waals surface area contributed by atoms with E-state index in [9.17, 15) is 4.79 Å². The van der Waals surface area contributed by atoms with Gasteiger partial charge >= 0.3 is 0 Å². The molecule has 2 aromatic heterocycles. The van der Waals surface area contributed by atoms with E-state index >= 15 is 0 Å². The Hall–Kier alpha value is -2.18. The van der Waals surface area contributed by atoms with Crippen molar-refractivity contribution in [3.63, 3.8) is 0 Å². The Morgan fingerprint density at radius 2 is 1.83 bits per heavy atom. The van der Waals surface area contributed by atoms with E-state index in [2.05, 4.69) is 11.0 Å². The van der Waals surface area contributed by atoms with Crippen molar-refractivity contribution in [3.8, 4) is 5.75 Å². The highest BCUT2D eigenvalue weighted by Crippen LogP contribution is 2.31. The van der Waals surface area contributed by atoms with Crippen molar-refractivity contribution >= 4 is 38.4 Å². The van der Waals surface area contributed by atoms with Gasteiger partial charge in [0.15, 0.2) is 0 Å². The van der Waals surface area contributed by atoms with E-state index in [4.69, 9.17) is 9.72 Å². The molecule has 2 saturated heterocycles. The van der Waals surface area contributed by atoms with Crippen LogP contribution in [0.4, 0.5) is 0 Å². The maximum atomic E-state index is 13.1. The first-order valence-electron chi connectivity index (χ1n) is 10.6. The highest BCUT2D eigenvalue weighted by molar-refractivity contribution is 7.20. The lowest BCUT2D eigenvalue weighted by molar-refractivity contribution is 0.0594. The van der Waals surface area contributed by atoms with Crippen molar-refractivity contribution in [2.75, 3.05) is 33.3 Å². The fourth-order valence-corrected chi connectivity index (χ4v) is 5.71. The first-order chi connectivity index (χ1) is 14.2. The molecule has 2 fully saturated rings. The third kappa shape index (κ3) is 3.71. The summed E-state index contributed by atoms with van der Waals surface area (Å²) in [5.74, 6) is 0.980. The summed E-state index contributed by atoms with van der Waals surface area (Å²) in [6, 6.07) is 10.7. The van der Waals surface area contributed by atoms with E-state index in [0.717, 1.165) is 57.7 Å². The number of benzene rings is 1. The second-order valence-corrected chi connectivity index (χ2v) is 9.20. The van der Waals surface area contributed by atoms with Crippen LogP contribution in [0.25, 0.3) is 21.1 Å². The van der Waals surface area contributed by atoms with Gasteiger partial charge in [-0.2, -0.15) is 0 Å². The molecular formula is C23H27N3O2S. The molecule has 0 saturated carbocycles. The van der Waals surface area contributed by atoms with Gasteiger partial charge in [-0.25, -0.2) is 4.98 Å². The van der Waals surface area contributed by atoms with Crippen LogP contribution < -0.4 is 4.74 Å². The van der Waals surface area contributed by atoms with Crippen LogP contribution in [0.1, 0.15) is 41.8 Å². The molecule has 0 radical (unpaired) electrons. The Balaban J connectivity index is 1.32. The molecular weight excluding hydrogens is 382 g/mol. The third-order valence-electron chi connectivity index (χ3n) is 6.38. The Labute approximate surface area is 175 Å². The van der Waals surface area contributed by atoms with Crippen LogP contribution in [0.15, 0.2) is 30.3 Å². The number of nitrogens with zero attached hydrogens (tertiary/aromatic N) is 3. The molecule has 0 bridgehead atoms. The monoisotopic (exact) mass is 409 g/mol. The van der Waals surface area contributed by atoms with Gasteiger partial charge in [-0.1, -0.05) is 6.42 Å². The normalized spacial score (nSPS) is 19.1. The van der Waals surface area contributed by atoms with Gasteiger partial charge in [0.2, 0.25) is 0 Å². The van der Waals surface area contributed by atoms with Crippen molar-refractivity contribution in [2.45, 2.75) is 38.1 Å². The molecule has 0 unspecified atom stereocenters. The largest absolute Gasteiger partial charge is 0.497 e. The molecule has 1 amide bonds. The summed E-state index contributed by atoms with van der Waals surface area (Å²) in [5, 5.41) is 2.07. The number of fused-ring (bicyclic) bond motifs is 2. The molecule has 0 aliphatic carbocycles. The predicted molar refractivity (Wildman–Crippen MR) is 118 cm³/mol. The number of pyridine rings is 1. The fraction of sp³-hybridized carbons (Fsp3) is 0.478. The van der Waals surface area contributed by atoms with Gasteiger partial charge in [-0.3, -0.25) is 4.79 Å². The van der Waals surface area contributed by atoms with Crippen LogP contribution in [0.2, 0.25) is 0 Å². The smallest absolute Gasteiger partial charge is 0.264 e. The highest BCUT2D eigenvalue weighted by Gasteiger charge is 2.28. The predicted octanol–water partition coefficient (Wildman–Crippen LogP) is 4.55. The van der Waals surface area contributed by atoms with Gasteiger partial charge in [0.25, 0.3) is 5.91 Å². The first kappa shape index (κ1) is 18.8. The zero-order valence-electron chi connectivity index (χ0n) is 16.9. The average molecular weight is 410 g/mol. The quantitative estimate of drug-likeness (QED) is 0.637. The topological polar surface area (TPSA) is 45.7 Å². The van der Waals surface area contributed by atoms with E-state index in [1.165, 1.54) is 43.7 Å². The molecule has 2 aliphatic heterocycles.